The van der Waals surface area contributed by atoms with Gasteiger partial charge in [0, 0.05) is 36.5 Å². The Balaban J connectivity index is 1.80. The first kappa shape index (κ1) is 20.9. The molecule has 30 heavy (non-hydrogen) atoms. The van der Waals surface area contributed by atoms with Crippen LogP contribution in [0.5, 0.6) is 0 Å². The van der Waals surface area contributed by atoms with E-state index in [9.17, 15) is 29.8 Å². The fourth-order valence-electron chi connectivity index (χ4n) is 3.33. The van der Waals surface area contributed by atoms with Gasteiger partial charge in [0.2, 0.25) is 0 Å². The highest BCUT2D eigenvalue weighted by Crippen LogP contribution is 2.24. The first-order chi connectivity index (χ1) is 14.3. The minimum atomic E-state index is -0.801. The first-order valence-corrected chi connectivity index (χ1v) is 9.50. The van der Waals surface area contributed by atoms with E-state index in [0.717, 1.165) is 43.9 Å². The van der Waals surface area contributed by atoms with Gasteiger partial charge in [-0.15, -0.1) is 0 Å². The van der Waals surface area contributed by atoms with Crippen LogP contribution in [0.1, 0.15) is 46.4 Å². The summed E-state index contributed by atoms with van der Waals surface area (Å²) < 4.78 is 0. The molecule has 1 N–H and O–H groups in total. The molecule has 0 unspecified atom stereocenters. The molecule has 10 heteroatoms. The highest BCUT2D eigenvalue weighted by atomic mass is 16.6. The zero-order chi connectivity index (χ0) is 21.7. The Morgan fingerprint density at radius 1 is 0.833 bits per heavy atom. The second kappa shape index (κ2) is 9.12. The van der Waals surface area contributed by atoms with Crippen LogP contribution in [0.25, 0.3) is 0 Å². The summed E-state index contributed by atoms with van der Waals surface area (Å²) in [7, 11) is 0. The Morgan fingerprint density at radius 2 is 1.43 bits per heavy atom. The van der Waals surface area contributed by atoms with Crippen molar-refractivity contribution in [3.8, 4) is 0 Å². The maximum Gasteiger partial charge on any atom is 0.277 e. The molecule has 0 saturated carbocycles. The highest BCUT2D eigenvalue weighted by molar-refractivity contribution is 6.06. The molecule has 10 nitrogen and oxygen atoms in total. The average Bonchev–Trinajstić information content (AvgIpc) is 3.02. The zero-order valence-corrected chi connectivity index (χ0v) is 16.1. The number of likely N-dealkylation sites (tertiary alicyclic amines) is 1. The van der Waals surface area contributed by atoms with Crippen LogP contribution in [0.3, 0.4) is 0 Å². The zero-order valence-electron chi connectivity index (χ0n) is 16.1. The van der Waals surface area contributed by atoms with Crippen molar-refractivity contribution in [3.05, 3.63) is 73.8 Å². The molecule has 0 atom stereocenters. The van der Waals surface area contributed by atoms with Gasteiger partial charge >= 0.3 is 0 Å². The molecule has 1 fully saturated rings. The van der Waals surface area contributed by atoms with E-state index < -0.39 is 27.1 Å². The van der Waals surface area contributed by atoms with E-state index >= 15 is 0 Å². The molecule has 1 aliphatic rings. The number of nitrogens with one attached hydrogen (secondary N) is 1. The van der Waals surface area contributed by atoms with Crippen molar-refractivity contribution in [2.45, 2.75) is 25.7 Å². The highest BCUT2D eigenvalue weighted by Gasteiger charge is 2.21. The largest absolute Gasteiger partial charge is 0.339 e. The second-order valence-corrected chi connectivity index (χ2v) is 6.99. The lowest BCUT2D eigenvalue weighted by atomic mass is 10.1. The van der Waals surface area contributed by atoms with E-state index in [4.69, 9.17) is 0 Å². The molecule has 0 spiro atoms. The SMILES string of the molecule is O=C(Nc1cccc(C(=O)N2CCCCCC2)c1)c1cc([N+](=O)[O-])cc([N+](=O)[O-])c1. The summed E-state index contributed by atoms with van der Waals surface area (Å²) >= 11 is 0. The fourth-order valence-corrected chi connectivity index (χ4v) is 3.33. The number of hydrogen-bond acceptors (Lipinski definition) is 6. The molecule has 2 aromatic carbocycles. The standard InChI is InChI=1S/C20H20N4O6/c25-19(15-11-17(23(27)28)13-18(12-15)24(29)30)21-16-7-5-6-14(10-16)20(26)22-8-3-1-2-4-9-22/h5-7,10-13H,1-4,8-9H2,(H,21,25). The Hall–Kier alpha value is -3.82. The van der Waals surface area contributed by atoms with Gasteiger partial charge in [0.25, 0.3) is 23.2 Å². The number of carbonyl (C=O) groups is 2. The number of carbonyl (C=O) groups excluding carboxylic acids is 2. The number of nitro groups is 2. The van der Waals surface area contributed by atoms with E-state index in [-0.39, 0.29) is 11.5 Å². The number of non-ortho nitro benzene ring substituents is 2. The third-order valence-electron chi connectivity index (χ3n) is 4.85. The Kier molecular flexibility index (Phi) is 6.35. The summed E-state index contributed by atoms with van der Waals surface area (Å²) in [6.45, 7) is 1.37. The lowest BCUT2D eigenvalue weighted by molar-refractivity contribution is -0.394. The Morgan fingerprint density at radius 3 is 2.00 bits per heavy atom. The summed E-state index contributed by atoms with van der Waals surface area (Å²) in [6, 6.07) is 9.10. The number of amides is 2. The maximum atomic E-state index is 12.8. The number of benzene rings is 2. The minimum absolute atomic E-state index is 0.126. The second-order valence-electron chi connectivity index (χ2n) is 6.99. The summed E-state index contributed by atoms with van der Waals surface area (Å²) in [5, 5.41) is 24.6. The van der Waals surface area contributed by atoms with Gasteiger partial charge in [-0.1, -0.05) is 18.9 Å². The minimum Gasteiger partial charge on any atom is -0.339 e. The van der Waals surface area contributed by atoms with Crippen molar-refractivity contribution >= 4 is 28.9 Å². The van der Waals surface area contributed by atoms with Gasteiger partial charge < -0.3 is 10.2 Å². The summed E-state index contributed by atoms with van der Waals surface area (Å²) in [4.78, 5) is 47.5. The third kappa shape index (κ3) is 4.96. The summed E-state index contributed by atoms with van der Waals surface area (Å²) in [5.41, 5.74) is -0.603. The van der Waals surface area contributed by atoms with E-state index in [2.05, 4.69) is 5.32 Å². The Labute approximate surface area is 171 Å². The van der Waals surface area contributed by atoms with E-state index in [1.54, 1.807) is 23.1 Å². The molecule has 2 amide bonds. The number of hydrogen-bond donors (Lipinski definition) is 1. The lowest BCUT2D eigenvalue weighted by Gasteiger charge is -2.20. The predicted molar refractivity (Wildman–Crippen MR) is 109 cm³/mol. The van der Waals surface area contributed by atoms with Crippen LogP contribution in [0, 0.1) is 20.2 Å². The van der Waals surface area contributed by atoms with Crippen LogP contribution in [0.15, 0.2) is 42.5 Å². The Bertz CT molecular complexity index is 966. The predicted octanol–water partition coefficient (Wildman–Crippen LogP) is 3.77. The molecule has 0 aromatic heterocycles. The molecule has 0 aliphatic carbocycles. The van der Waals surface area contributed by atoms with Crippen LogP contribution in [0.4, 0.5) is 17.1 Å². The molecular weight excluding hydrogens is 392 g/mol. The quantitative estimate of drug-likeness (QED) is 0.586. The molecule has 3 rings (SSSR count). The van der Waals surface area contributed by atoms with Crippen LogP contribution in [-0.4, -0.2) is 39.7 Å². The van der Waals surface area contributed by atoms with Crippen molar-refractivity contribution < 1.29 is 19.4 Å². The molecule has 1 aliphatic heterocycles. The van der Waals surface area contributed by atoms with Crippen molar-refractivity contribution in [1.82, 2.24) is 4.90 Å². The molecule has 156 valence electrons. The smallest absolute Gasteiger partial charge is 0.277 e. The van der Waals surface area contributed by atoms with Crippen LogP contribution < -0.4 is 5.32 Å². The molecule has 0 bridgehead atoms. The van der Waals surface area contributed by atoms with Gasteiger partial charge in [-0.3, -0.25) is 29.8 Å². The van der Waals surface area contributed by atoms with Crippen LogP contribution >= 0.6 is 0 Å². The van der Waals surface area contributed by atoms with Gasteiger partial charge in [0.05, 0.1) is 21.5 Å². The molecule has 1 heterocycles. The van der Waals surface area contributed by atoms with E-state index in [1.165, 1.54) is 6.07 Å². The van der Waals surface area contributed by atoms with E-state index in [0.29, 0.717) is 24.3 Å². The molecule has 1 saturated heterocycles. The lowest BCUT2D eigenvalue weighted by Crippen LogP contribution is -2.31. The fraction of sp³-hybridized carbons (Fsp3) is 0.300. The maximum absolute atomic E-state index is 12.8. The topological polar surface area (TPSA) is 136 Å². The van der Waals surface area contributed by atoms with Gasteiger partial charge in [-0.2, -0.15) is 0 Å². The average molecular weight is 412 g/mol. The van der Waals surface area contributed by atoms with E-state index in [1.807, 2.05) is 0 Å². The first-order valence-electron chi connectivity index (χ1n) is 9.50. The summed E-state index contributed by atoms with van der Waals surface area (Å²) in [6.07, 6.45) is 4.09. The third-order valence-corrected chi connectivity index (χ3v) is 4.85. The van der Waals surface area contributed by atoms with Crippen LogP contribution in [0.2, 0.25) is 0 Å². The van der Waals surface area contributed by atoms with Crippen molar-refractivity contribution in [2.75, 3.05) is 18.4 Å². The monoisotopic (exact) mass is 412 g/mol. The van der Waals surface area contributed by atoms with Gasteiger partial charge in [0.15, 0.2) is 0 Å². The number of nitrogens with zero attached hydrogens (tertiary/aromatic N) is 3. The summed E-state index contributed by atoms with van der Waals surface area (Å²) in [5.74, 6) is -0.875. The van der Waals surface area contributed by atoms with Crippen molar-refractivity contribution in [1.29, 1.82) is 0 Å². The van der Waals surface area contributed by atoms with Gasteiger partial charge in [-0.05, 0) is 31.0 Å². The molecule has 0 radical (unpaired) electrons. The number of anilines is 1. The number of nitro benzene ring substituents is 2. The van der Waals surface area contributed by atoms with Gasteiger partial charge in [-0.25, -0.2) is 0 Å². The van der Waals surface area contributed by atoms with Gasteiger partial charge in [0.1, 0.15) is 0 Å². The number of rotatable bonds is 5. The van der Waals surface area contributed by atoms with Crippen LogP contribution in [-0.2, 0) is 0 Å². The molecule has 2 aromatic rings. The van der Waals surface area contributed by atoms with Crippen molar-refractivity contribution in [2.24, 2.45) is 0 Å². The molecular formula is C20H20N4O6. The normalized spacial score (nSPS) is 13.9. The van der Waals surface area contributed by atoms with Crippen molar-refractivity contribution in [3.63, 3.8) is 0 Å².